The molecule has 18 atom stereocenters. The van der Waals surface area contributed by atoms with Crippen molar-refractivity contribution in [2.75, 3.05) is 13.7 Å². The monoisotopic (exact) mass is 847 g/mol. The minimum Gasteiger partial charge on any atom is -0.444 e. The molecule has 7 aliphatic heterocycles. The Labute approximate surface area is 354 Å². The first-order chi connectivity index (χ1) is 28.5. The molecular formula is C45H69NO14. The zero-order valence-corrected chi connectivity index (χ0v) is 36.0. The van der Waals surface area contributed by atoms with Crippen molar-refractivity contribution in [2.24, 2.45) is 11.8 Å². The predicted octanol–water partition coefficient (Wildman–Crippen LogP) is 3.80. The quantitative estimate of drug-likeness (QED) is 0.292. The first kappa shape index (κ1) is 45.7. The maximum absolute atomic E-state index is 14.1. The van der Waals surface area contributed by atoms with Gasteiger partial charge in [-0.25, -0.2) is 4.79 Å². The molecule has 7 heterocycles. The largest absolute Gasteiger partial charge is 0.444 e. The Morgan fingerprint density at radius 3 is 2.23 bits per heavy atom. The molecule has 15 nitrogen and oxygen atoms in total. The van der Waals surface area contributed by atoms with E-state index in [1.165, 1.54) is 0 Å². The molecule has 8 bridgehead atoms. The fraction of sp³-hybridized carbons (Fsp3) is 0.844. The van der Waals surface area contributed by atoms with Gasteiger partial charge in [0.15, 0.2) is 0 Å². The van der Waals surface area contributed by atoms with Crippen molar-refractivity contribution in [3.05, 3.63) is 24.3 Å². The van der Waals surface area contributed by atoms with Crippen LogP contribution in [0.25, 0.3) is 0 Å². The van der Waals surface area contributed by atoms with Gasteiger partial charge in [0.25, 0.3) is 0 Å². The summed E-state index contributed by atoms with van der Waals surface area (Å²) in [4.78, 5) is 39.6. The zero-order valence-electron chi connectivity index (χ0n) is 36.0. The van der Waals surface area contributed by atoms with E-state index in [4.69, 9.17) is 37.9 Å². The number of ketones is 2. The number of Topliss-reactive ketones (excluding diaryl/α,β-unsaturated/α-hetero) is 2. The van der Waals surface area contributed by atoms with E-state index in [2.05, 4.69) is 25.4 Å². The van der Waals surface area contributed by atoms with Crippen LogP contribution in [0.15, 0.2) is 24.3 Å². The maximum Gasteiger partial charge on any atom is 0.407 e. The summed E-state index contributed by atoms with van der Waals surface area (Å²) in [5.74, 6) is -0.322. The van der Waals surface area contributed by atoms with E-state index >= 15 is 0 Å². The van der Waals surface area contributed by atoms with Crippen LogP contribution in [0.1, 0.15) is 111 Å². The van der Waals surface area contributed by atoms with E-state index in [1.807, 2.05) is 0 Å². The third-order valence-electron chi connectivity index (χ3n) is 13.8. The van der Waals surface area contributed by atoms with Gasteiger partial charge in [-0.15, -0.1) is 0 Å². The van der Waals surface area contributed by atoms with Gasteiger partial charge in [0, 0.05) is 58.1 Å². The Kier molecular flexibility index (Phi) is 14.6. The van der Waals surface area contributed by atoms with E-state index in [0.29, 0.717) is 32.1 Å². The van der Waals surface area contributed by atoms with Crippen molar-refractivity contribution in [3.8, 4) is 0 Å². The van der Waals surface area contributed by atoms with Crippen molar-refractivity contribution >= 4 is 17.7 Å². The number of nitrogens with one attached hydrogen (secondary N) is 1. The lowest BCUT2D eigenvalue weighted by molar-refractivity contribution is -0.259. The van der Waals surface area contributed by atoms with Crippen LogP contribution in [0.4, 0.5) is 4.79 Å². The van der Waals surface area contributed by atoms with E-state index in [0.717, 1.165) is 30.4 Å². The molecule has 0 aromatic carbocycles. The summed E-state index contributed by atoms with van der Waals surface area (Å²) in [5, 5.41) is 36.5. The van der Waals surface area contributed by atoms with Gasteiger partial charge in [0.05, 0.1) is 67.1 Å². The predicted molar refractivity (Wildman–Crippen MR) is 216 cm³/mol. The number of ether oxygens (including phenoxy) is 8. The third-order valence-corrected chi connectivity index (χ3v) is 13.8. The molecule has 7 aliphatic rings. The van der Waals surface area contributed by atoms with Crippen LogP contribution in [-0.4, -0.2) is 150 Å². The number of methoxy groups -OCH3 is 1. The fourth-order valence-corrected chi connectivity index (χ4v) is 10.7. The second kappa shape index (κ2) is 19.2. The number of aliphatic hydroxyl groups excluding tert-OH is 3. The van der Waals surface area contributed by atoms with Crippen LogP contribution < -0.4 is 5.32 Å². The molecule has 1 amide bonds. The summed E-state index contributed by atoms with van der Waals surface area (Å²) >= 11 is 0. The molecule has 15 heteroatoms. The van der Waals surface area contributed by atoms with E-state index < -0.39 is 84.9 Å². The molecule has 0 saturated carbocycles. The van der Waals surface area contributed by atoms with Gasteiger partial charge in [-0.1, -0.05) is 20.1 Å². The highest BCUT2D eigenvalue weighted by molar-refractivity contribution is 5.79. The molecule has 4 N–H and O–H groups in total. The van der Waals surface area contributed by atoms with Crippen LogP contribution >= 0.6 is 0 Å². The number of hydrogen-bond acceptors (Lipinski definition) is 14. The number of hydrogen-bond donors (Lipinski definition) is 4. The molecule has 7 fully saturated rings. The lowest BCUT2D eigenvalue weighted by atomic mass is 9.81. The number of alkyl carbamates (subject to hydrolysis) is 1. The van der Waals surface area contributed by atoms with Gasteiger partial charge in [-0.2, -0.15) is 0 Å². The van der Waals surface area contributed by atoms with E-state index in [-0.39, 0.29) is 86.5 Å². The Bertz CT molecular complexity index is 1570. The minimum absolute atomic E-state index is 0.00451. The summed E-state index contributed by atoms with van der Waals surface area (Å²) in [7, 11) is 1.58. The number of amides is 1. The number of rotatable bonds is 5. The van der Waals surface area contributed by atoms with Gasteiger partial charge >= 0.3 is 6.09 Å². The van der Waals surface area contributed by atoms with Crippen molar-refractivity contribution in [1.82, 2.24) is 5.32 Å². The third kappa shape index (κ3) is 10.7. The second-order valence-corrected chi connectivity index (χ2v) is 19.5. The summed E-state index contributed by atoms with van der Waals surface area (Å²) in [6.45, 7) is 16.1. The molecule has 338 valence electrons. The molecule has 13 unspecified atom stereocenters. The zero-order chi connectivity index (χ0) is 43.0. The maximum atomic E-state index is 14.1. The molecule has 60 heavy (non-hydrogen) atoms. The Morgan fingerprint density at radius 2 is 1.48 bits per heavy atom. The van der Waals surface area contributed by atoms with Crippen molar-refractivity contribution in [2.45, 2.75) is 214 Å². The molecule has 0 radical (unpaired) electrons. The van der Waals surface area contributed by atoms with Gasteiger partial charge in [0.1, 0.15) is 47.7 Å². The molecular weight excluding hydrogens is 778 g/mol. The molecule has 0 spiro atoms. The molecule has 0 aromatic heterocycles. The normalized spacial score (nSPS) is 43.6. The average Bonchev–Trinajstić information content (AvgIpc) is 3.81. The van der Waals surface area contributed by atoms with Crippen LogP contribution in [0, 0.1) is 11.8 Å². The van der Waals surface area contributed by atoms with Crippen molar-refractivity contribution in [1.29, 1.82) is 0 Å². The van der Waals surface area contributed by atoms with Gasteiger partial charge < -0.3 is 58.5 Å². The Hall–Kier alpha value is -2.31. The van der Waals surface area contributed by atoms with Crippen molar-refractivity contribution in [3.63, 3.8) is 0 Å². The van der Waals surface area contributed by atoms with Gasteiger partial charge in [-0.05, 0) is 82.8 Å². The molecule has 7 rings (SSSR count). The van der Waals surface area contributed by atoms with Crippen LogP contribution in [0.3, 0.4) is 0 Å². The molecule has 0 aliphatic carbocycles. The van der Waals surface area contributed by atoms with E-state index in [9.17, 15) is 29.7 Å². The van der Waals surface area contributed by atoms with E-state index in [1.54, 1.807) is 27.9 Å². The summed E-state index contributed by atoms with van der Waals surface area (Å²) in [6, 6.07) is 0. The minimum atomic E-state index is -1.12. The topological polar surface area (TPSA) is 198 Å². The summed E-state index contributed by atoms with van der Waals surface area (Å²) < 4.78 is 50.1. The standard InChI is InChI=1S/C45H69NO14/c1-22-14-29-10-12-32-23(2)15-28(54-32)9-8-25(47)18-36-38(50)42-43(59-36)39(51)41-33(58-42)13-11-30(56-41)16-26(48)17-31-35(20-34(55-29)24(22)3)57-37(40(31)53-7)19-27(49)21-46-44(52)60-45(4,5)6/h22,27-43,49-51H,2-3,8-21H2,1,4-7H3,(H,46,52)/t22?,27?,28?,29?,30?,31?,32?,33?,34?,35-,36?,37+,38?,39?,40+,41-,42-,43?/m0/s1. The van der Waals surface area contributed by atoms with Gasteiger partial charge in [-0.3, -0.25) is 9.59 Å². The van der Waals surface area contributed by atoms with Crippen LogP contribution in [0.5, 0.6) is 0 Å². The highest BCUT2D eigenvalue weighted by Crippen LogP contribution is 2.43. The molecule has 7 saturated heterocycles. The summed E-state index contributed by atoms with van der Waals surface area (Å²) in [6.07, 6.45) is -4.81. The summed E-state index contributed by atoms with van der Waals surface area (Å²) in [5.41, 5.74) is 1.28. The number of fused-ring (bicyclic) bond motifs is 7. The number of carbonyl (C=O) groups excluding carboxylic acids is 3. The van der Waals surface area contributed by atoms with Crippen molar-refractivity contribution < 1.29 is 67.6 Å². The molecule has 0 aromatic rings. The number of aliphatic hydroxyl groups is 3. The first-order valence-corrected chi connectivity index (χ1v) is 22.3. The number of carbonyl (C=O) groups is 3. The average molecular weight is 848 g/mol. The highest BCUT2D eigenvalue weighted by atomic mass is 16.6. The second-order valence-electron chi connectivity index (χ2n) is 19.5. The van der Waals surface area contributed by atoms with Gasteiger partial charge in [0.2, 0.25) is 0 Å². The first-order valence-electron chi connectivity index (χ1n) is 22.3. The Balaban J connectivity index is 1.09. The lowest BCUT2D eigenvalue weighted by Gasteiger charge is -2.46. The van der Waals surface area contributed by atoms with Crippen LogP contribution in [-0.2, 0) is 47.5 Å². The smallest absolute Gasteiger partial charge is 0.407 e. The fourth-order valence-electron chi connectivity index (χ4n) is 10.7. The Morgan fingerprint density at radius 1 is 0.783 bits per heavy atom. The highest BCUT2D eigenvalue weighted by Gasteiger charge is 2.57. The van der Waals surface area contributed by atoms with Crippen LogP contribution in [0.2, 0.25) is 0 Å². The lowest BCUT2D eigenvalue weighted by Crippen LogP contribution is -2.61. The SMILES string of the molecule is C=C1CC2CCC(=O)CC3OC4C(O)[C@H]5OC(CCC5O[C@H]4C3O)CC(=O)CC3[C@H](CC4OC(CCC1O2)CC(C)C4=C)O[C@H](CC(O)CNC(=O)OC(C)(C)C)[C@@H]3OC.